The molecule has 0 saturated heterocycles. The van der Waals surface area contributed by atoms with E-state index in [0.717, 1.165) is 0 Å². The quantitative estimate of drug-likeness (QED) is 0.190. The Morgan fingerprint density at radius 2 is 1.83 bits per heavy atom. The second kappa shape index (κ2) is 6.46. The molecule has 32 valence electrons. The third kappa shape index (κ3) is 9.07. The smallest absolute Gasteiger partial charge is 1.00 e. The molecule has 0 unspecified atom stereocenters. The molecule has 0 rings (SSSR count). The van der Waals surface area contributed by atoms with Crippen molar-refractivity contribution in [2.24, 2.45) is 0 Å². The zero-order valence-electron chi connectivity index (χ0n) is 4.12. The van der Waals surface area contributed by atoms with Crippen molar-refractivity contribution in [1.29, 1.82) is 0 Å². The Bertz CT molecular complexity index is 69.8. The van der Waals surface area contributed by atoms with Crippen molar-refractivity contribution < 1.29 is 71.9 Å². The molecular weight excluding hydrogens is 134 g/mol. The number of rotatable bonds is 1. The van der Waals surface area contributed by atoms with Gasteiger partial charge in [-0.25, -0.2) is 14.4 Å². The number of hydrogen-bond acceptors (Lipinski definition) is 4. The van der Waals surface area contributed by atoms with Crippen molar-refractivity contribution in [3.05, 3.63) is 0 Å². The minimum Gasteiger partial charge on any atom is -1.00 e. The summed E-state index contributed by atoms with van der Waals surface area (Å²) in [5.41, 5.74) is 0. The van der Waals surface area contributed by atoms with Crippen molar-refractivity contribution in [1.82, 2.24) is 0 Å². The Morgan fingerprint density at radius 3 is 1.83 bits per heavy atom. The molecule has 1 N–H and O–H groups in total. The van der Waals surface area contributed by atoms with Crippen molar-refractivity contribution in [2.45, 2.75) is 0 Å². The monoisotopic (exact) mass is 136 g/mol. The third-order valence-corrected chi connectivity index (χ3v) is 0.200. The Balaban J connectivity index is -0.0000000800. The van der Waals surface area contributed by atoms with E-state index >= 15 is 0 Å². The summed E-state index contributed by atoms with van der Waals surface area (Å²) in [6.07, 6.45) is 0. The molecule has 0 aliphatic carbocycles. The minimum atomic E-state index is -3.04. The first kappa shape index (κ1) is 10.4. The van der Waals surface area contributed by atoms with Crippen LogP contribution < -0.4 is 51.4 Å². The van der Waals surface area contributed by atoms with Crippen molar-refractivity contribution in [3.8, 4) is 0 Å². The van der Waals surface area contributed by atoms with Gasteiger partial charge in [0.05, 0.1) is 0 Å². The van der Waals surface area contributed by atoms with Crippen LogP contribution in [0.3, 0.4) is 0 Å². The summed E-state index contributed by atoms with van der Waals surface area (Å²) < 4.78 is 20.6. The van der Waals surface area contributed by atoms with Crippen LogP contribution in [-0.2, 0) is 13.8 Å². The first-order chi connectivity index (χ1) is 2.27. The molecule has 0 heterocycles. The fourth-order valence-electron chi connectivity index (χ4n) is 0. The van der Waals surface area contributed by atoms with Crippen LogP contribution in [0.25, 0.3) is 0 Å². The minimum absolute atomic E-state index is 0. The molecule has 0 aliphatic heterocycles. The largest absolute Gasteiger partial charge is 1.00 e. The van der Waals surface area contributed by atoms with Crippen molar-refractivity contribution in [2.75, 3.05) is 0 Å². The van der Waals surface area contributed by atoms with Gasteiger partial charge >= 0.3 is 59.3 Å². The molecular formula is H2KO4P. The van der Waals surface area contributed by atoms with Crippen LogP contribution in [0, 0.1) is 0 Å². The van der Waals surface area contributed by atoms with Gasteiger partial charge in [-0.15, -0.1) is 4.67 Å². The van der Waals surface area contributed by atoms with E-state index in [-0.39, 0.29) is 52.8 Å². The predicted molar refractivity (Wildman–Crippen MR) is 13.1 cm³/mol. The summed E-state index contributed by atoms with van der Waals surface area (Å²) in [5, 5.41) is 7.05. The van der Waals surface area contributed by atoms with Gasteiger partial charge in [-0.2, -0.15) is 0 Å². The zero-order valence-corrected chi connectivity index (χ0v) is 7.14. The molecule has 0 radical (unpaired) electrons. The van der Waals surface area contributed by atoms with Gasteiger partial charge in [0.2, 0.25) is 0 Å². The van der Waals surface area contributed by atoms with Gasteiger partial charge in [-0.05, 0) is 0 Å². The first-order valence-corrected chi connectivity index (χ1v) is 1.83. The Hall–Kier alpha value is 1.46. The van der Waals surface area contributed by atoms with Crippen LogP contribution >= 0.6 is 7.91 Å². The molecule has 0 aromatic rings. The number of hydrogen-bond donors (Lipinski definition) is 1. The van der Waals surface area contributed by atoms with Crippen molar-refractivity contribution >= 4 is 7.91 Å². The summed E-state index contributed by atoms with van der Waals surface area (Å²) in [5.74, 6) is 0. The summed E-state index contributed by atoms with van der Waals surface area (Å²) in [4.78, 5) is 0. The summed E-state index contributed by atoms with van der Waals surface area (Å²) >= 11 is 0. The van der Waals surface area contributed by atoms with Gasteiger partial charge in [0.25, 0.3) is 0 Å². The maximum absolute atomic E-state index is 8.93. The second-order valence-electron chi connectivity index (χ2n) is 0.305. The van der Waals surface area contributed by atoms with Gasteiger partial charge in [-0.1, -0.05) is 0 Å². The van der Waals surface area contributed by atoms with E-state index in [1.54, 1.807) is 0 Å². The topological polar surface area (TPSA) is 63.6 Å². The molecule has 0 bridgehead atoms. The van der Waals surface area contributed by atoms with Gasteiger partial charge in [0.1, 0.15) is 0 Å². The zero-order chi connectivity index (χ0) is 4.28. The van der Waals surface area contributed by atoms with E-state index in [0.29, 0.717) is 0 Å². The van der Waals surface area contributed by atoms with Crippen molar-refractivity contribution in [3.63, 3.8) is 0 Å². The van der Waals surface area contributed by atoms with E-state index < -0.39 is 7.91 Å². The van der Waals surface area contributed by atoms with Gasteiger partial charge in [0.15, 0.2) is 0 Å². The molecule has 0 atom stereocenters. The van der Waals surface area contributed by atoms with E-state index in [9.17, 15) is 0 Å². The Morgan fingerprint density at radius 1 is 1.67 bits per heavy atom. The molecule has 6 heavy (non-hydrogen) atoms. The second-order valence-corrected chi connectivity index (χ2v) is 0.916. The predicted octanol–water partition coefficient (Wildman–Crippen LogP) is -2.32. The summed E-state index contributed by atoms with van der Waals surface area (Å²) in [6.45, 7) is 0. The fourth-order valence-corrected chi connectivity index (χ4v) is 0. The SMILES string of the molecule is O=P(=O)OO.[H-].[K+]. The first-order valence-electron chi connectivity index (χ1n) is 0.730. The maximum atomic E-state index is 8.93. The Kier molecular flexibility index (Phi) is 11.2. The van der Waals surface area contributed by atoms with E-state index in [2.05, 4.69) is 4.67 Å². The molecule has 0 spiro atoms. The summed E-state index contributed by atoms with van der Waals surface area (Å²) in [6, 6.07) is 0. The third-order valence-electron chi connectivity index (χ3n) is 0.0667. The van der Waals surface area contributed by atoms with E-state index in [4.69, 9.17) is 14.4 Å². The molecule has 0 amide bonds. The van der Waals surface area contributed by atoms with Crippen LogP contribution in [0.1, 0.15) is 1.43 Å². The molecule has 4 nitrogen and oxygen atoms in total. The molecule has 0 aliphatic rings. The van der Waals surface area contributed by atoms with Gasteiger partial charge in [0, 0.05) is 0 Å². The standard InChI is InChI=1S/K.HO4P.H/c;1-4-5(2)3;/h;1H;/q+1;;-1. The molecule has 0 aromatic heterocycles. The fraction of sp³-hybridized carbons (Fsp3) is 0. The maximum Gasteiger partial charge on any atom is 1.00 e. The molecule has 0 saturated carbocycles. The van der Waals surface area contributed by atoms with Crippen LogP contribution in [0.4, 0.5) is 0 Å². The van der Waals surface area contributed by atoms with Crippen LogP contribution in [-0.4, -0.2) is 5.26 Å². The van der Waals surface area contributed by atoms with Crippen LogP contribution in [0.2, 0.25) is 0 Å². The molecule has 0 fully saturated rings. The van der Waals surface area contributed by atoms with Gasteiger partial charge < -0.3 is 1.43 Å². The molecule has 0 aromatic carbocycles. The van der Waals surface area contributed by atoms with Crippen LogP contribution in [0.5, 0.6) is 0 Å². The average molecular weight is 136 g/mol. The van der Waals surface area contributed by atoms with Gasteiger partial charge in [-0.3, -0.25) is 0 Å². The average Bonchev–Trinajstić information content (AvgIpc) is 1.38. The molecule has 6 heteroatoms. The summed E-state index contributed by atoms with van der Waals surface area (Å²) in [7, 11) is -3.04. The van der Waals surface area contributed by atoms with E-state index in [1.165, 1.54) is 0 Å². The van der Waals surface area contributed by atoms with Crippen LogP contribution in [0.15, 0.2) is 0 Å². The van der Waals surface area contributed by atoms with E-state index in [1.807, 2.05) is 0 Å². The Labute approximate surface area is 78.6 Å². The normalized spacial score (nSPS) is 6.17.